The average Bonchev–Trinajstić information content (AvgIpc) is 2.79. The van der Waals surface area contributed by atoms with Gasteiger partial charge in [-0.05, 0) is 55.9 Å². The summed E-state index contributed by atoms with van der Waals surface area (Å²) in [5.41, 5.74) is 5.46. The summed E-state index contributed by atoms with van der Waals surface area (Å²) in [5, 5.41) is 32.8. The van der Waals surface area contributed by atoms with Crippen LogP contribution in [0.15, 0.2) is 72.0 Å². The maximum atomic E-state index is 11.4. The minimum Gasteiger partial charge on any atom is -0.380 e. The van der Waals surface area contributed by atoms with E-state index in [2.05, 4.69) is 39.0 Å². The third-order valence-electron chi connectivity index (χ3n) is 6.88. The fraction of sp³-hybridized carbons (Fsp3) is 0.407. The fourth-order valence-corrected chi connectivity index (χ4v) is 4.59. The molecule has 2 unspecified atom stereocenters. The zero-order valence-corrected chi connectivity index (χ0v) is 20.4. The topological polar surface area (TPSA) is 89.0 Å². The lowest BCUT2D eigenvalue weighted by molar-refractivity contribution is -0.150. The van der Waals surface area contributed by atoms with Gasteiger partial charge in [0.15, 0.2) is 0 Å². The molecule has 0 bridgehead atoms. The molecule has 5 N–H and O–H groups in total. The summed E-state index contributed by atoms with van der Waals surface area (Å²) in [6, 6.07) is 15.5. The van der Waals surface area contributed by atoms with Crippen LogP contribution >= 0.6 is 0 Å². The molecular weight excluding hydrogens is 428 g/mol. The monoisotopic (exact) mass is 464 g/mol. The number of allylic oxidation sites excluding steroid dienone is 1. The van der Waals surface area contributed by atoms with E-state index in [1.165, 1.54) is 5.56 Å². The maximum Gasteiger partial charge on any atom is 0.209 e. The van der Waals surface area contributed by atoms with Crippen molar-refractivity contribution in [1.29, 1.82) is 0 Å². The predicted octanol–water partition coefficient (Wildman–Crippen LogP) is 2.85. The molecule has 2 heterocycles. The third kappa shape index (κ3) is 4.89. The van der Waals surface area contributed by atoms with Crippen LogP contribution in [0.5, 0.6) is 0 Å². The number of anilines is 1. The highest BCUT2D eigenvalue weighted by molar-refractivity contribution is 5.50. The van der Waals surface area contributed by atoms with Crippen LogP contribution in [0.1, 0.15) is 41.7 Å². The van der Waals surface area contributed by atoms with Gasteiger partial charge in [-0.1, -0.05) is 42.5 Å². The van der Waals surface area contributed by atoms with Gasteiger partial charge in [-0.2, -0.15) is 0 Å². The van der Waals surface area contributed by atoms with Crippen LogP contribution in [0.25, 0.3) is 0 Å². The number of hydrogen-bond acceptors (Lipinski definition) is 7. The normalized spacial score (nSPS) is 18.6. The lowest BCUT2D eigenvalue weighted by Gasteiger charge is -2.37. The summed E-state index contributed by atoms with van der Waals surface area (Å²) in [6.45, 7) is 4.12. The Hall–Kier alpha value is -2.68. The van der Waals surface area contributed by atoms with Crippen molar-refractivity contribution in [3.05, 3.63) is 88.6 Å². The summed E-state index contributed by atoms with van der Waals surface area (Å²) in [5.74, 6) is -1.64. The lowest BCUT2D eigenvalue weighted by atomic mass is 9.87. The molecule has 1 saturated heterocycles. The highest BCUT2D eigenvalue weighted by Gasteiger charge is 2.40. The Bertz CT molecular complexity index is 1060. The van der Waals surface area contributed by atoms with Gasteiger partial charge >= 0.3 is 0 Å². The van der Waals surface area contributed by atoms with E-state index in [0.29, 0.717) is 18.0 Å². The van der Waals surface area contributed by atoms with Crippen molar-refractivity contribution in [3.8, 4) is 0 Å². The molecule has 2 aromatic carbocycles. The number of likely N-dealkylation sites (N-methyl/N-ethyl adjacent to an activating group) is 2. The standard InChI is InChI=1S/C27H36N4O3/c1-18-14-21(12-13-31(18)4)27(32,33)25(28-2)23-10-5-6-11-24(23)26(29-3)30-22-9-7-8-19(15-22)20-16-34-17-20/h5-12,14-15,20,25-26,28-30,32-33H,13,16-17H2,1-4H3. The lowest BCUT2D eigenvalue weighted by Crippen LogP contribution is -2.46. The first kappa shape index (κ1) is 24.4. The summed E-state index contributed by atoms with van der Waals surface area (Å²) in [4.78, 5) is 2.06. The van der Waals surface area contributed by atoms with E-state index in [1.807, 2.05) is 63.5 Å². The van der Waals surface area contributed by atoms with E-state index < -0.39 is 11.8 Å². The third-order valence-corrected chi connectivity index (χ3v) is 6.88. The average molecular weight is 465 g/mol. The number of benzene rings is 2. The zero-order valence-electron chi connectivity index (χ0n) is 20.4. The molecule has 0 aromatic heterocycles. The van der Waals surface area contributed by atoms with E-state index in [9.17, 15) is 10.2 Å². The second-order valence-corrected chi connectivity index (χ2v) is 9.13. The summed E-state index contributed by atoms with van der Waals surface area (Å²) < 4.78 is 5.35. The van der Waals surface area contributed by atoms with Crippen molar-refractivity contribution in [2.75, 3.05) is 46.2 Å². The molecule has 7 heteroatoms. The van der Waals surface area contributed by atoms with Crippen molar-refractivity contribution in [3.63, 3.8) is 0 Å². The first-order valence-corrected chi connectivity index (χ1v) is 11.8. The van der Waals surface area contributed by atoms with Crippen molar-refractivity contribution >= 4 is 5.69 Å². The second kappa shape index (κ2) is 10.3. The molecule has 0 radical (unpaired) electrons. The van der Waals surface area contributed by atoms with Crippen LogP contribution in [0.4, 0.5) is 5.69 Å². The van der Waals surface area contributed by atoms with Crippen LogP contribution < -0.4 is 16.0 Å². The van der Waals surface area contributed by atoms with E-state index in [-0.39, 0.29) is 6.17 Å². The largest absolute Gasteiger partial charge is 0.380 e. The molecule has 0 spiro atoms. The minimum atomic E-state index is -2.09. The molecule has 2 atom stereocenters. The molecule has 182 valence electrons. The van der Waals surface area contributed by atoms with Gasteiger partial charge < -0.3 is 30.5 Å². The highest BCUT2D eigenvalue weighted by Crippen LogP contribution is 2.36. The fourth-order valence-electron chi connectivity index (χ4n) is 4.59. The van der Waals surface area contributed by atoms with Crippen LogP contribution in [0.2, 0.25) is 0 Å². The molecule has 2 aromatic rings. The first-order valence-electron chi connectivity index (χ1n) is 11.8. The molecule has 2 aliphatic heterocycles. The molecule has 2 aliphatic rings. The van der Waals surface area contributed by atoms with E-state index >= 15 is 0 Å². The molecule has 0 saturated carbocycles. The molecule has 0 aliphatic carbocycles. The summed E-state index contributed by atoms with van der Waals surface area (Å²) in [6.07, 6.45) is 3.46. The van der Waals surface area contributed by atoms with E-state index in [1.54, 1.807) is 7.05 Å². The Kier molecular flexibility index (Phi) is 7.40. The van der Waals surface area contributed by atoms with Crippen molar-refractivity contribution in [1.82, 2.24) is 15.5 Å². The molecule has 34 heavy (non-hydrogen) atoms. The Morgan fingerprint density at radius 2 is 1.76 bits per heavy atom. The van der Waals surface area contributed by atoms with E-state index in [0.717, 1.165) is 35.7 Å². The van der Waals surface area contributed by atoms with Crippen molar-refractivity contribution < 1.29 is 14.9 Å². The Morgan fingerprint density at radius 1 is 1.03 bits per heavy atom. The minimum absolute atomic E-state index is 0.237. The van der Waals surface area contributed by atoms with Gasteiger partial charge in [0.05, 0.1) is 19.3 Å². The van der Waals surface area contributed by atoms with Gasteiger partial charge in [0.25, 0.3) is 0 Å². The molecule has 4 rings (SSSR count). The predicted molar refractivity (Wildman–Crippen MR) is 135 cm³/mol. The first-order chi connectivity index (χ1) is 16.3. The maximum absolute atomic E-state index is 11.4. The van der Waals surface area contributed by atoms with Crippen LogP contribution in [-0.4, -0.2) is 61.8 Å². The second-order valence-electron chi connectivity index (χ2n) is 9.13. The highest BCUT2D eigenvalue weighted by atomic mass is 16.5. The van der Waals surface area contributed by atoms with Gasteiger partial charge in [0.2, 0.25) is 5.79 Å². The number of hydrogen-bond donors (Lipinski definition) is 5. The molecule has 1 fully saturated rings. The van der Waals surface area contributed by atoms with Crippen LogP contribution in [0, 0.1) is 0 Å². The van der Waals surface area contributed by atoms with Gasteiger partial charge in [-0.15, -0.1) is 0 Å². The number of aliphatic hydroxyl groups is 2. The summed E-state index contributed by atoms with van der Waals surface area (Å²) >= 11 is 0. The van der Waals surface area contributed by atoms with Crippen molar-refractivity contribution in [2.24, 2.45) is 0 Å². The molecular formula is C27H36N4O3. The zero-order chi connectivity index (χ0) is 24.3. The SMILES string of the molecule is CNC(Nc1cccc(C2COC2)c1)c1ccccc1C(NC)C(O)(O)C1=CCN(C)C(C)=C1. The van der Waals surface area contributed by atoms with Gasteiger partial charge in [0, 0.05) is 36.5 Å². The Labute approximate surface area is 202 Å². The van der Waals surface area contributed by atoms with Gasteiger partial charge in [-0.3, -0.25) is 5.32 Å². The van der Waals surface area contributed by atoms with Gasteiger partial charge in [-0.25, -0.2) is 0 Å². The smallest absolute Gasteiger partial charge is 0.209 e. The molecule has 7 nitrogen and oxygen atoms in total. The van der Waals surface area contributed by atoms with Crippen molar-refractivity contribution in [2.45, 2.75) is 30.8 Å². The number of ether oxygens (including phenoxy) is 1. The van der Waals surface area contributed by atoms with Crippen LogP contribution in [-0.2, 0) is 4.74 Å². The van der Waals surface area contributed by atoms with Gasteiger partial charge in [0.1, 0.15) is 6.17 Å². The molecule has 0 amide bonds. The number of nitrogens with zero attached hydrogens (tertiary/aromatic N) is 1. The number of rotatable bonds is 9. The van der Waals surface area contributed by atoms with Crippen LogP contribution in [0.3, 0.4) is 0 Å². The van der Waals surface area contributed by atoms with E-state index in [4.69, 9.17) is 4.74 Å². The Balaban J connectivity index is 1.64. The summed E-state index contributed by atoms with van der Waals surface area (Å²) in [7, 11) is 5.63. The quantitative estimate of drug-likeness (QED) is 0.365. The number of nitrogens with one attached hydrogen (secondary N) is 3. The Morgan fingerprint density at radius 3 is 2.38 bits per heavy atom.